The first kappa shape index (κ1) is 17.4. The van der Waals surface area contributed by atoms with Gasteiger partial charge in [-0.1, -0.05) is 0 Å². The van der Waals surface area contributed by atoms with Crippen LogP contribution in [0.3, 0.4) is 0 Å². The summed E-state index contributed by atoms with van der Waals surface area (Å²) in [6, 6.07) is 0.249. The third-order valence-corrected chi connectivity index (χ3v) is 3.69. The molecule has 0 aromatic carbocycles. The van der Waals surface area contributed by atoms with E-state index >= 15 is 0 Å². The maximum Gasteiger partial charge on any atom is 0.327 e. The van der Waals surface area contributed by atoms with Crippen molar-refractivity contribution < 1.29 is 9.53 Å². The molecule has 0 aromatic heterocycles. The van der Waals surface area contributed by atoms with E-state index in [-0.39, 0.29) is 12.0 Å². The van der Waals surface area contributed by atoms with Crippen molar-refractivity contribution in [1.29, 1.82) is 0 Å². The molecule has 1 unspecified atom stereocenters. The van der Waals surface area contributed by atoms with E-state index in [0.29, 0.717) is 13.2 Å². The third-order valence-electron chi connectivity index (χ3n) is 3.69. The first-order chi connectivity index (χ1) is 9.37. The van der Waals surface area contributed by atoms with Gasteiger partial charge >= 0.3 is 5.97 Å². The van der Waals surface area contributed by atoms with E-state index < -0.39 is 5.54 Å². The highest BCUT2D eigenvalue weighted by Gasteiger charge is 2.37. The molecule has 20 heavy (non-hydrogen) atoms. The molecule has 1 aliphatic heterocycles. The topological polar surface area (TPSA) is 44.8 Å². The van der Waals surface area contributed by atoms with Crippen LogP contribution in [-0.4, -0.2) is 73.7 Å². The molecule has 5 nitrogen and oxygen atoms in total. The molecule has 1 fully saturated rings. The number of likely N-dealkylation sites (N-methyl/N-ethyl adjacent to an activating group) is 1. The smallest absolute Gasteiger partial charge is 0.327 e. The van der Waals surface area contributed by atoms with E-state index in [1.807, 2.05) is 13.8 Å². The van der Waals surface area contributed by atoms with Gasteiger partial charge in [0.1, 0.15) is 5.54 Å². The van der Waals surface area contributed by atoms with Gasteiger partial charge in [0.05, 0.1) is 6.61 Å². The number of hydrogen-bond donors (Lipinski definition) is 1. The number of nitrogens with one attached hydrogen (secondary N) is 1. The van der Waals surface area contributed by atoms with Crippen molar-refractivity contribution in [2.24, 2.45) is 0 Å². The summed E-state index contributed by atoms with van der Waals surface area (Å²) >= 11 is 0. The van der Waals surface area contributed by atoms with Gasteiger partial charge in [-0.05, 0) is 54.3 Å². The van der Waals surface area contributed by atoms with Crippen molar-refractivity contribution in [3.05, 3.63) is 0 Å². The number of carbonyl (C=O) groups is 1. The summed E-state index contributed by atoms with van der Waals surface area (Å²) in [7, 11) is 2.15. The molecule has 0 amide bonds. The fourth-order valence-corrected chi connectivity index (χ4v) is 2.80. The van der Waals surface area contributed by atoms with Crippen LogP contribution in [0.1, 0.15) is 34.1 Å². The molecule has 0 saturated carbocycles. The molecule has 1 rings (SSSR count). The molecule has 0 spiro atoms. The molecule has 0 aliphatic carbocycles. The molecule has 1 N–H and O–H groups in total. The molecule has 1 saturated heterocycles. The second-order valence-corrected chi connectivity index (χ2v) is 6.28. The van der Waals surface area contributed by atoms with Crippen molar-refractivity contribution in [2.75, 3.05) is 46.4 Å². The molecule has 0 bridgehead atoms. The number of ether oxygens (including phenoxy) is 1. The average molecular weight is 285 g/mol. The number of esters is 1. The number of nitrogens with zero attached hydrogens (tertiary/aromatic N) is 2. The lowest BCUT2D eigenvalue weighted by Crippen LogP contribution is -2.59. The van der Waals surface area contributed by atoms with Crippen LogP contribution < -0.4 is 5.32 Å². The van der Waals surface area contributed by atoms with Gasteiger partial charge in [-0.25, -0.2) is 0 Å². The van der Waals surface area contributed by atoms with Crippen molar-refractivity contribution in [3.8, 4) is 0 Å². The zero-order valence-electron chi connectivity index (χ0n) is 13.7. The summed E-state index contributed by atoms with van der Waals surface area (Å²) < 4.78 is 5.26. The van der Waals surface area contributed by atoms with E-state index in [2.05, 4.69) is 36.0 Å². The average Bonchev–Trinajstić information content (AvgIpc) is 2.53. The normalized spacial score (nSPS) is 21.5. The zero-order valence-corrected chi connectivity index (χ0v) is 13.7. The van der Waals surface area contributed by atoms with Gasteiger partial charge in [0.15, 0.2) is 0 Å². The molecule has 5 heteroatoms. The molecule has 0 radical (unpaired) electrons. The lowest BCUT2D eigenvalue weighted by molar-refractivity contribution is -0.151. The Labute approximate surface area is 123 Å². The van der Waals surface area contributed by atoms with E-state index in [1.54, 1.807) is 0 Å². The van der Waals surface area contributed by atoms with E-state index in [1.165, 1.54) is 0 Å². The summed E-state index contributed by atoms with van der Waals surface area (Å²) in [6.07, 6.45) is 1.15. The number of rotatable bonds is 6. The van der Waals surface area contributed by atoms with Crippen LogP contribution in [0.25, 0.3) is 0 Å². The van der Waals surface area contributed by atoms with Gasteiger partial charge in [-0.3, -0.25) is 15.0 Å². The van der Waals surface area contributed by atoms with Gasteiger partial charge in [0.2, 0.25) is 0 Å². The largest absolute Gasteiger partial charge is 0.465 e. The van der Waals surface area contributed by atoms with E-state index in [4.69, 9.17) is 4.74 Å². The molecule has 1 aliphatic rings. The molecular weight excluding hydrogens is 254 g/mol. The van der Waals surface area contributed by atoms with Crippen LogP contribution >= 0.6 is 0 Å². The minimum Gasteiger partial charge on any atom is -0.465 e. The van der Waals surface area contributed by atoms with Crippen molar-refractivity contribution >= 4 is 5.97 Å². The first-order valence-corrected chi connectivity index (χ1v) is 7.73. The Morgan fingerprint density at radius 1 is 1.30 bits per heavy atom. The molecule has 118 valence electrons. The fraction of sp³-hybridized carbons (Fsp3) is 0.933. The lowest BCUT2D eigenvalue weighted by Gasteiger charge is -2.35. The van der Waals surface area contributed by atoms with Gasteiger partial charge in [0, 0.05) is 25.7 Å². The summed E-state index contributed by atoms with van der Waals surface area (Å²) in [4.78, 5) is 17.0. The van der Waals surface area contributed by atoms with Gasteiger partial charge in [-0.2, -0.15) is 0 Å². The fourth-order valence-electron chi connectivity index (χ4n) is 2.80. The van der Waals surface area contributed by atoms with Crippen LogP contribution in [0, 0.1) is 0 Å². The van der Waals surface area contributed by atoms with Crippen molar-refractivity contribution in [3.63, 3.8) is 0 Å². The molecule has 1 atom stereocenters. The van der Waals surface area contributed by atoms with E-state index in [9.17, 15) is 4.79 Å². The maximum atomic E-state index is 12.3. The second kappa shape index (κ2) is 7.96. The number of carbonyl (C=O) groups excluding carboxylic acids is 1. The Morgan fingerprint density at radius 2 is 2.00 bits per heavy atom. The van der Waals surface area contributed by atoms with Crippen LogP contribution in [0.5, 0.6) is 0 Å². The second-order valence-electron chi connectivity index (χ2n) is 6.28. The van der Waals surface area contributed by atoms with Crippen LogP contribution in [0.15, 0.2) is 0 Å². The molecular formula is C15H31N3O2. The van der Waals surface area contributed by atoms with Crippen LogP contribution in [0.2, 0.25) is 0 Å². The van der Waals surface area contributed by atoms with Gasteiger partial charge in [-0.15, -0.1) is 0 Å². The Balaban J connectivity index is 2.70. The highest BCUT2D eigenvalue weighted by atomic mass is 16.5. The Bertz CT molecular complexity index is 309. The summed E-state index contributed by atoms with van der Waals surface area (Å²) in [5.41, 5.74) is -0.632. The zero-order chi connectivity index (χ0) is 15.2. The minimum absolute atomic E-state index is 0.147. The predicted molar refractivity (Wildman–Crippen MR) is 81.9 cm³/mol. The Morgan fingerprint density at radius 3 is 2.60 bits per heavy atom. The van der Waals surface area contributed by atoms with Gasteiger partial charge in [0.25, 0.3) is 0 Å². The SMILES string of the molecule is CCOC(=O)C(C)(CN1CCCN(C)CC1)NC(C)C. The highest BCUT2D eigenvalue weighted by Crippen LogP contribution is 2.13. The number of hydrogen-bond acceptors (Lipinski definition) is 5. The van der Waals surface area contributed by atoms with Crippen molar-refractivity contribution in [2.45, 2.75) is 45.7 Å². The summed E-state index contributed by atoms with van der Waals surface area (Å²) in [5.74, 6) is -0.147. The highest BCUT2D eigenvalue weighted by molar-refractivity contribution is 5.80. The Hall–Kier alpha value is -0.650. The monoisotopic (exact) mass is 285 g/mol. The minimum atomic E-state index is -0.632. The first-order valence-electron chi connectivity index (χ1n) is 7.73. The van der Waals surface area contributed by atoms with Gasteiger partial charge < -0.3 is 9.64 Å². The quantitative estimate of drug-likeness (QED) is 0.736. The van der Waals surface area contributed by atoms with Crippen molar-refractivity contribution in [1.82, 2.24) is 15.1 Å². The lowest BCUT2D eigenvalue weighted by atomic mass is 10.00. The van der Waals surface area contributed by atoms with Crippen LogP contribution in [0.4, 0.5) is 0 Å². The molecule has 0 aromatic rings. The third kappa shape index (κ3) is 5.38. The van der Waals surface area contributed by atoms with Crippen LogP contribution in [-0.2, 0) is 9.53 Å². The maximum absolute atomic E-state index is 12.3. The van der Waals surface area contributed by atoms with E-state index in [0.717, 1.165) is 32.6 Å². The summed E-state index contributed by atoms with van der Waals surface area (Å²) in [6.45, 7) is 13.3. The Kier molecular flexibility index (Phi) is 6.92. The predicted octanol–water partition coefficient (Wildman–Crippen LogP) is 0.944. The standard InChI is InChI=1S/C15H31N3O2/c1-6-20-14(19)15(4,16-13(2)3)12-18-9-7-8-17(5)10-11-18/h13,16H,6-12H2,1-5H3. The molecule has 1 heterocycles. The summed E-state index contributed by atoms with van der Waals surface area (Å²) in [5, 5.41) is 3.39.